The third kappa shape index (κ3) is 4.60. The Balaban J connectivity index is 1.62. The Morgan fingerprint density at radius 1 is 1.00 bits per heavy atom. The van der Waals surface area contributed by atoms with Gasteiger partial charge < -0.3 is 4.90 Å². The molecule has 0 aliphatic rings. The SMILES string of the molecule is CCN(CC)c1ccc(C(=O)NNC(=O)Cn2ncc(=O)c3ccccc32)cc1. The Morgan fingerprint density at radius 2 is 1.69 bits per heavy atom. The van der Waals surface area contributed by atoms with E-state index in [1.807, 2.05) is 12.1 Å². The van der Waals surface area contributed by atoms with Crippen LogP contribution in [0.15, 0.2) is 59.5 Å². The second kappa shape index (κ2) is 9.01. The van der Waals surface area contributed by atoms with Crippen LogP contribution < -0.4 is 21.2 Å². The van der Waals surface area contributed by atoms with Gasteiger partial charge in [-0.2, -0.15) is 5.10 Å². The molecule has 3 aromatic rings. The number of aromatic nitrogens is 2. The fourth-order valence-electron chi connectivity index (χ4n) is 3.07. The highest BCUT2D eigenvalue weighted by Gasteiger charge is 2.11. The first kappa shape index (κ1) is 20.1. The fourth-order valence-corrected chi connectivity index (χ4v) is 3.07. The Morgan fingerprint density at radius 3 is 2.38 bits per heavy atom. The first-order valence-corrected chi connectivity index (χ1v) is 9.42. The van der Waals surface area contributed by atoms with Crippen molar-refractivity contribution >= 4 is 28.4 Å². The van der Waals surface area contributed by atoms with Crippen LogP contribution in [0.4, 0.5) is 5.69 Å². The molecular weight excluding hydrogens is 370 g/mol. The Hall–Kier alpha value is -3.68. The molecule has 8 heteroatoms. The zero-order chi connectivity index (χ0) is 20.8. The third-order valence-electron chi connectivity index (χ3n) is 4.63. The predicted octanol–water partition coefficient (Wildman–Crippen LogP) is 1.70. The van der Waals surface area contributed by atoms with Gasteiger partial charge in [0, 0.05) is 29.7 Å². The van der Waals surface area contributed by atoms with Crippen molar-refractivity contribution in [1.82, 2.24) is 20.6 Å². The summed E-state index contributed by atoms with van der Waals surface area (Å²) in [6.07, 6.45) is 1.17. The summed E-state index contributed by atoms with van der Waals surface area (Å²) in [7, 11) is 0. The molecule has 2 N–H and O–H groups in total. The Labute approximate surface area is 168 Å². The number of amides is 2. The van der Waals surface area contributed by atoms with E-state index in [-0.39, 0.29) is 12.0 Å². The summed E-state index contributed by atoms with van der Waals surface area (Å²) in [6, 6.07) is 14.1. The van der Waals surface area contributed by atoms with Gasteiger partial charge in [0.2, 0.25) is 5.43 Å². The highest BCUT2D eigenvalue weighted by atomic mass is 16.2. The molecule has 0 spiro atoms. The van der Waals surface area contributed by atoms with Gasteiger partial charge in [-0.25, -0.2) is 0 Å². The topological polar surface area (TPSA) is 96.3 Å². The first-order valence-electron chi connectivity index (χ1n) is 9.42. The van der Waals surface area contributed by atoms with Gasteiger partial charge in [-0.05, 0) is 50.2 Å². The van der Waals surface area contributed by atoms with Gasteiger partial charge in [-0.1, -0.05) is 12.1 Å². The predicted molar refractivity (Wildman–Crippen MR) is 112 cm³/mol. The van der Waals surface area contributed by atoms with Crippen LogP contribution in [-0.4, -0.2) is 34.7 Å². The molecule has 8 nitrogen and oxygen atoms in total. The molecule has 1 heterocycles. The fraction of sp³-hybridized carbons (Fsp3) is 0.238. The largest absolute Gasteiger partial charge is 0.372 e. The second-order valence-corrected chi connectivity index (χ2v) is 6.41. The van der Waals surface area contributed by atoms with Crippen molar-refractivity contribution in [2.24, 2.45) is 0 Å². The summed E-state index contributed by atoms with van der Waals surface area (Å²) in [4.78, 5) is 38.5. The lowest BCUT2D eigenvalue weighted by molar-refractivity contribution is -0.122. The van der Waals surface area contributed by atoms with Gasteiger partial charge in [0.15, 0.2) is 0 Å². The number of rotatable bonds is 6. The number of hydrogen-bond acceptors (Lipinski definition) is 5. The van der Waals surface area contributed by atoms with Crippen LogP contribution in [-0.2, 0) is 11.3 Å². The number of anilines is 1. The molecule has 2 aromatic carbocycles. The molecule has 29 heavy (non-hydrogen) atoms. The van der Waals surface area contributed by atoms with Crippen molar-refractivity contribution in [2.75, 3.05) is 18.0 Å². The van der Waals surface area contributed by atoms with E-state index in [4.69, 9.17) is 0 Å². The second-order valence-electron chi connectivity index (χ2n) is 6.41. The van der Waals surface area contributed by atoms with Crippen LogP contribution in [0.5, 0.6) is 0 Å². The number of fused-ring (bicyclic) bond motifs is 1. The smallest absolute Gasteiger partial charge is 0.269 e. The van der Waals surface area contributed by atoms with Crippen LogP contribution in [0.2, 0.25) is 0 Å². The number of nitrogens with zero attached hydrogens (tertiary/aromatic N) is 3. The lowest BCUT2D eigenvalue weighted by Crippen LogP contribution is -2.43. The van der Waals surface area contributed by atoms with E-state index in [0.717, 1.165) is 18.8 Å². The van der Waals surface area contributed by atoms with Crippen LogP contribution in [0, 0.1) is 0 Å². The van der Waals surface area contributed by atoms with Crippen LogP contribution >= 0.6 is 0 Å². The lowest BCUT2D eigenvalue weighted by atomic mass is 10.2. The minimum absolute atomic E-state index is 0.137. The van der Waals surface area contributed by atoms with Crippen LogP contribution in [0.25, 0.3) is 10.9 Å². The number of benzene rings is 2. The van der Waals surface area contributed by atoms with E-state index in [1.54, 1.807) is 36.4 Å². The molecule has 0 bridgehead atoms. The number of para-hydroxylation sites is 1. The molecule has 0 atom stereocenters. The van der Waals surface area contributed by atoms with Gasteiger partial charge in [-0.3, -0.25) is 29.9 Å². The molecule has 3 rings (SSSR count). The zero-order valence-electron chi connectivity index (χ0n) is 16.4. The summed E-state index contributed by atoms with van der Waals surface area (Å²) < 4.78 is 1.41. The molecule has 0 fully saturated rings. The summed E-state index contributed by atoms with van der Waals surface area (Å²) in [6.45, 7) is 5.76. The maximum Gasteiger partial charge on any atom is 0.269 e. The van der Waals surface area contributed by atoms with Gasteiger partial charge in [0.1, 0.15) is 6.54 Å². The lowest BCUT2D eigenvalue weighted by Gasteiger charge is -2.21. The summed E-state index contributed by atoms with van der Waals surface area (Å²) in [5.74, 6) is -0.874. The van der Waals surface area contributed by atoms with E-state index < -0.39 is 11.8 Å². The highest BCUT2D eigenvalue weighted by Crippen LogP contribution is 2.14. The van der Waals surface area contributed by atoms with Crippen LogP contribution in [0.3, 0.4) is 0 Å². The molecule has 0 saturated carbocycles. The van der Waals surface area contributed by atoms with E-state index in [9.17, 15) is 14.4 Å². The van der Waals surface area contributed by atoms with E-state index in [1.165, 1.54) is 10.9 Å². The van der Waals surface area contributed by atoms with E-state index >= 15 is 0 Å². The molecular formula is C21H23N5O3. The molecule has 0 aliphatic carbocycles. The van der Waals surface area contributed by atoms with Gasteiger partial charge >= 0.3 is 0 Å². The Bertz CT molecular complexity index is 1070. The molecule has 0 saturated heterocycles. The molecule has 0 radical (unpaired) electrons. The normalized spacial score (nSPS) is 10.6. The zero-order valence-corrected chi connectivity index (χ0v) is 16.4. The van der Waals surface area contributed by atoms with Gasteiger partial charge in [0.05, 0.1) is 11.7 Å². The van der Waals surface area contributed by atoms with E-state index in [0.29, 0.717) is 16.5 Å². The first-order chi connectivity index (χ1) is 14.0. The van der Waals surface area contributed by atoms with Gasteiger partial charge in [-0.15, -0.1) is 0 Å². The van der Waals surface area contributed by atoms with Gasteiger partial charge in [0.25, 0.3) is 11.8 Å². The third-order valence-corrected chi connectivity index (χ3v) is 4.63. The number of hydrogen-bond donors (Lipinski definition) is 2. The summed E-state index contributed by atoms with van der Waals surface area (Å²) >= 11 is 0. The maximum absolute atomic E-state index is 12.3. The summed E-state index contributed by atoms with van der Waals surface area (Å²) in [5.41, 5.74) is 6.59. The number of nitrogens with one attached hydrogen (secondary N) is 2. The standard InChI is InChI=1S/C21H23N5O3/c1-3-25(4-2)16-11-9-15(10-12-16)21(29)24-23-20(28)14-26-18-8-6-5-7-17(18)19(27)13-22-26/h5-13H,3-4,14H2,1-2H3,(H,23,28)(H,24,29). The minimum atomic E-state index is -0.459. The van der Waals surface area contributed by atoms with Crippen molar-refractivity contribution in [3.05, 3.63) is 70.5 Å². The van der Waals surface area contributed by atoms with Crippen molar-refractivity contribution in [1.29, 1.82) is 0 Å². The van der Waals surface area contributed by atoms with E-state index in [2.05, 4.69) is 34.7 Å². The quantitative estimate of drug-likeness (QED) is 0.622. The summed E-state index contributed by atoms with van der Waals surface area (Å²) in [5, 5.41) is 4.48. The maximum atomic E-state index is 12.3. The van der Waals surface area contributed by atoms with Crippen molar-refractivity contribution in [2.45, 2.75) is 20.4 Å². The molecule has 2 amide bonds. The number of carbonyl (C=O) groups excluding carboxylic acids is 2. The monoisotopic (exact) mass is 393 g/mol. The average molecular weight is 393 g/mol. The molecule has 0 aliphatic heterocycles. The molecule has 1 aromatic heterocycles. The van der Waals surface area contributed by atoms with Crippen LogP contribution in [0.1, 0.15) is 24.2 Å². The average Bonchev–Trinajstić information content (AvgIpc) is 2.75. The molecule has 150 valence electrons. The molecule has 0 unspecified atom stereocenters. The number of carbonyl (C=O) groups is 2. The van der Waals surface area contributed by atoms with Crippen molar-refractivity contribution in [3.63, 3.8) is 0 Å². The highest BCUT2D eigenvalue weighted by molar-refractivity contribution is 5.95. The number of hydrazine groups is 1. The minimum Gasteiger partial charge on any atom is -0.372 e. The Kier molecular flexibility index (Phi) is 6.23. The van der Waals surface area contributed by atoms with Crippen molar-refractivity contribution < 1.29 is 9.59 Å². The van der Waals surface area contributed by atoms with Crippen molar-refractivity contribution in [3.8, 4) is 0 Å².